The summed E-state index contributed by atoms with van der Waals surface area (Å²) in [4.78, 5) is 18.6. The van der Waals surface area contributed by atoms with E-state index in [1.807, 2.05) is 0 Å². The SMILES string of the molecule is O=c1oc(-c2ccccc2F)nc2sc3c(c12)CCCC3. The van der Waals surface area contributed by atoms with Crippen molar-refractivity contribution >= 4 is 21.6 Å². The van der Waals surface area contributed by atoms with Crippen molar-refractivity contribution in [3.05, 3.63) is 50.9 Å². The number of nitrogens with zero attached hydrogens (tertiary/aromatic N) is 1. The summed E-state index contributed by atoms with van der Waals surface area (Å²) in [7, 11) is 0. The Kier molecular flexibility index (Phi) is 2.89. The lowest BCUT2D eigenvalue weighted by Gasteiger charge is -2.09. The van der Waals surface area contributed by atoms with Crippen LogP contribution in [0.4, 0.5) is 4.39 Å². The maximum absolute atomic E-state index is 13.8. The van der Waals surface area contributed by atoms with Crippen LogP contribution in [0, 0.1) is 5.82 Å². The molecule has 4 rings (SSSR count). The number of aromatic nitrogens is 1. The van der Waals surface area contributed by atoms with Gasteiger partial charge >= 0.3 is 5.63 Å². The Morgan fingerprint density at radius 1 is 1.19 bits per heavy atom. The quantitative estimate of drug-likeness (QED) is 0.684. The molecule has 106 valence electrons. The predicted octanol–water partition coefficient (Wildman–Crippen LogP) is 3.93. The van der Waals surface area contributed by atoms with Gasteiger partial charge in [0.25, 0.3) is 0 Å². The van der Waals surface area contributed by atoms with E-state index in [9.17, 15) is 9.18 Å². The number of hydrogen-bond donors (Lipinski definition) is 0. The Morgan fingerprint density at radius 3 is 2.86 bits per heavy atom. The van der Waals surface area contributed by atoms with Crippen LogP contribution in [0.1, 0.15) is 23.3 Å². The number of benzene rings is 1. The molecule has 0 unspecified atom stereocenters. The lowest BCUT2D eigenvalue weighted by Crippen LogP contribution is -2.06. The normalized spacial score (nSPS) is 14.3. The van der Waals surface area contributed by atoms with E-state index in [-0.39, 0.29) is 11.5 Å². The molecule has 3 aromatic rings. The minimum Gasteiger partial charge on any atom is -0.403 e. The lowest BCUT2D eigenvalue weighted by molar-refractivity contribution is 0.511. The zero-order valence-electron chi connectivity index (χ0n) is 11.2. The van der Waals surface area contributed by atoms with E-state index < -0.39 is 11.4 Å². The zero-order chi connectivity index (χ0) is 14.4. The molecule has 0 saturated carbocycles. The third kappa shape index (κ3) is 2.00. The molecule has 1 aliphatic rings. The molecule has 1 aromatic carbocycles. The highest BCUT2D eigenvalue weighted by Crippen LogP contribution is 2.34. The summed E-state index contributed by atoms with van der Waals surface area (Å²) >= 11 is 1.54. The Balaban J connectivity index is 1.98. The van der Waals surface area contributed by atoms with Crippen molar-refractivity contribution in [1.82, 2.24) is 4.98 Å². The molecule has 0 spiro atoms. The van der Waals surface area contributed by atoms with Gasteiger partial charge in [0.1, 0.15) is 16.0 Å². The molecule has 0 atom stereocenters. The van der Waals surface area contributed by atoms with Crippen molar-refractivity contribution in [2.24, 2.45) is 0 Å². The topological polar surface area (TPSA) is 43.1 Å². The first-order valence-electron chi connectivity index (χ1n) is 6.94. The van der Waals surface area contributed by atoms with Gasteiger partial charge in [0, 0.05) is 4.88 Å². The first kappa shape index (κ1) is 12.7. The molecule has 0 fully saturated rings. The minimum atomic E-state index is -0.436. The lowest BCUT2D eigenvalue weighted by atomic mass is 9.97. The molecule has 0 N–H and O–H groups in total. The summed E-state index contributed by atoms with van der Waals surface area (Å²) in [6.07, 6.45) is 4.13. The highest BCUT2D eigenvalue weighted by atomic mass is 32.1. The molecule has 5 heteroatoms. The van der Waals surface area contributed by atoms with Crippen molar-refractivity contribution < 1.29 is 8.81 Å². The van der Waals surface area contributed by atoms with Crippen molar-refractivity contribution in [2.45, 2.75) is 25.7 Å². The van der Waals surface area contributed by atoms with Gasteiger partial charge in [-0.25, -0.2) is 14.2 Å². The van der Waals surface area contributed by atoms with E-state index in [2.05, 4.69) is 4.98 Å². The van der Waals surface area contributed by atoms with Crippen LogP contribution >= 0.6 is 11.3 Å². The van der Waals surface area contributed by atoms with Crippen molar-refractivity contribution in [3.63, 3.8) is 0 Å². The van der Waals surface area contributed by atoms with E-state index >= 15 is 0 Å². The van der Waals surface area contributed by atoms with E-state index in [0.29, 0.717) is 10.2 Å². The second-order valence-electron chi connectivity index (χ2n) is 5.18. The van der Waals surface area contributed by atoms with Crippen LogP contribution in [0.3, 0.4) is 0 Å². The Labute approximate surface area is 124 Å². The molecule has 1 aliphatic carbocycles. The second kappa shape index (κ2) is 4.77. The predicted molar refractivity (Wildman–Crippen MR) is 80.2 cm³/mol. The Bertz CT molecular complexity index is 897. The van der Waals surface area contributed by atoms with Crippen molar-refractivity contribution in [3.8, 4) is 11.5 Å². The van der Waals surface area contributed by atoms with Crippen LogP contribution in [0.5, 0.6) is 0 Å². The highest BCUT2D eigenvalue weighted by molar-refractivity contribution is 7.18. The van der Waals surface area contributed by atoms with Gasteiger partial charge in [-0.3, -0.25) is 0 Å². The van der Waals surface area contributed by atoms with E-state index in [1.54, 1.807) is 18.2 Å². The second-order valence-corrected chi connectivity index (χ2v) is 6.26. The van der Waals surface area contributed by atoms with Crippen LogP contribution < -0.4 is 5.63 Å². The minimum absolute atomic E-state index is 0.0594. The average molecular weight is 301 g/mol. The summed E-state index contributed by atoms with van der Waals surface area (Å²) in [6.45, 7) is 0. The maximum atomic E-state index is 13.8. The molecule has 0 radical (unpaired) electrons. The van der Waals surface area contributed by atoms with Crippen LogP contribution in [-0.4, -0.2) is 4.98 Å². The Morgan fingerprint density at radius 2 is 2.00 bits per heavy atom. The largest absolute Gasteiger partial charge is 0.403 e. The van der Waals surface area contributed by atoms with E-state index in [1.165, 1.54) is 22.3 Å². The van der Waals surface area contributed by atoms with Crippen LogP contribution in [-0.2, 0) is 12.8 Å². The van der Waals surface area contributed by atoms with Gasteiger partial charge in [-0.05, 0) is 43.4 Å². The molecule has 3 nitrogen and oxygen atoms in total. The van der Waals surface area contributed by atoms with Crippen molar-refractivity contribution in [1.29, 1.82) is 0 Å². The molecule has 2 heterocycles. The summed E-state index contributed by atoms with van der Waals surface area (Å²) in [5.41, 5.74) is 0.906. The fraction of sp³-hybridized carbons (Fsp3) is 0.250. The Hall–Kier alpha value is -2.01. The summed E-state index contributed by atoms with van der Waals surface area (Å²) in [5, 5.41) is 0.592. The molecule has 0 amide bonds. The monoisotopic (exact) mass is 301 g/mol. The van der Waals surface area contributed by atoms with E-state index in [4.69, 9.17) is 4.42 Å². The zero-order valence-corrected chi connectivity index (χ0v) is 12.0. The number of hydrogen-bond acceptors (Lipinski definition) is 4. The standard InChI is InChI=1S/C16H12FNO2S/c17-11-7-3-1-5-9(11)14-18-15-13(16(19)20-14)10-6-2-4-8-12(10)21-15/h1,3,5,7H,2,4,6,8H2. The molecular formula is C16H12FNO2S. The van der Waals surface area contributed by atoms with Crippen LogP contribution in [0.25, 0.3) is 21.7 Å². The molecule has 21 heavy (non-hydrogen) atoms. The fourth-order valence-electron chi connectivity index (χ4n) is 2.84. The molecule has 0 aliphatic heterocycles. The third-order valence-electron chi connectivity index (χ3n) is 3.85. The smallest absolute Gasteiger partial charge is 0.348 e. The van der Waals surface area contributed by atoms with Gasteiger partial charge in [0.15, 0.2) is 0 Å². The van der Waals surface area contributed by atoms with Gasteiger partial charge in [-0.1, -0.05) is 12.1 Å². The maximum Gasteiger partial charge on any atom is 0.348 e. The summed E-state index contributed by atoms with van der Waals surface area (Å²) in [5.74, 6) is -0.377. The molecular weight excluding hydrogens is 289 g/mol. The van der Waals surface area contributed by atoms with Gasteiger partial charge in [-0.15, -0.1) is 11.3 Å². The van der Waals surface area contributed by atoms with Crippen LogP contribution in [0.15, 0.2) is 33.5 Å². The van der Waals surface area contributed by atoms with Gasteiger partial charge in [0.2, 0.25) is 5.89 Å². The van der Waals surface area contributed by atoms with Crippen molar-refractivity contribution in [2.75, 3.05) is 0 Å². The summed E-state index contributed by atoms with van der Waals surface area (Å²) in [6, 6.07) is 6.20. The van der Waals surface area contributed by atoms with Crippen LogP contribution in [0.2, 0.25) is 0 Å². The summed E-state index contributed by atoms with van der Waals surface area (Å²) < 4.78 is 19.1. The molecule has 2 aromatic heterocycles. The first-order chi connectivity index (χ1) is 10.2. The average Bonchev–Trinajstić information content (AvgIpc) is 2.86. The first-order valence-corrected chi connectivity index (χ1v) is 7.76. The van der Waals surface area contributed by atoms with Gasteiger partial charge in [0.05, 0.1) is 5.56 Å². The number of thiophene rings is 1. The number of rotatable bonds is 1. The molecule has 0 bridgehead atoms. The fourth-order valence-corrected chi connectivity index (χ4v) is 4.09. The van der Waals surface area contributed by atoms with Gasteiger partial charge < -0.3 is 4.42 Å². The highest BCUT2D eigenvalue weighted by Gasteiger charge is 2.21. The third-order valence-corrected chi connectivity index (χ3v) is 5.04. The number of fused-ring (bicyclic) bond motifs is 3. The number of aryl methyl sites for hydroxylation is 2. The number of halogens is 1. The molecule has 0 saturated heterocycles. The van der Waals surface area contributed by atoms with Gasteiger partial charge in [-0.2, -0.15) is 0 Å². The van der Waals surface area contributed by atoms with E-state index in [0.717, 1.165) is 31.2 Å².